The molecule has 0 atom stereocenters. The summed E-state index contributed by atoms with van der Waals surface area (Å²) in [5.41, 5.74) is 6.33. The lowest BCUT2D eigenvalue weighted by molar-refractivity contribution is -0.139. The minimum absolute atomic E-state index is 0.353. The van der Waals surface area contributed by atoms with Gasteiger partial charge in [0.15, 0.2) is 6.61 Å². The van der Waals surface area contributed by atoms with Crippen molar-refractivity contribution < 1.29 is 14.6 Å². The molecule has 6 heteroatoms. The molecule has 0 bridgehead atoms. The van der Waals surface area contributed by atoms with E-state index in [0.29, 0.717) is 11.6 Å². The number of carbonyl (C=O) groups is 1. The van der Waals surface area contributed by atoms with Crippen LogP contribution in [0, 0.1) is 0 Å². The molecule has 0 unspecified atom stereocenters. The summed E-state index contributed by atoms with van der Waals surface area (Å²) < 4.78 is 6.63. The third-order valence-corrected chi connectivity index (χ3v) is 2.07. The highest BCUT2D eigenvalue weighted by Gasteiger charge is 2.01. The number of nitrogens with zero attached hydrogens (tertiary/aromatic N) is 2. The summed E-state index contributed by atoms with van der Waals surface area (Å²) in [6.07, 6.45) is 1.74. The van der Waals surface area contributed by atoms with Crippen LogP contribution >= 0.6 is 0 Å². The Balaban J connectivity index is 2.10. The van der Waals surface area contributed by atoms with E-state index in [2.05, 4.69) is 5.10 Å². The molecular formula is C11H11N3O3. The van der Waals surface area contributed by atoms with Gasteiger partial charge >= 0.3 is 5.97 Å². The lowest BCUT2D eigenvalue weighted by atomic mass is 10.3. The second kappa shape index (κ2) is 4.56. The molecular weight excluding hydrogens is 222 g/mol. The predicted octanol–water partition coefficient (Wildman–Crippen LogP) is 0.918. The average molecular weight is 233 g/mol. The van der Waals surface area contributed by atoms with Crippen molar-refractivity contribution in [2.24, 2.45) is 0 Å². The Labute approximate surface area is 97.2 Å². The number of nitrogens with two attached hydrogens (primary N) is 1. The minimum atomic E-state index is -1.01. The fourth-order valence-electron chi connectivity index (χ4n) is 1.32. The molecule has 0 spiro atoms. The first-order chi connectivity index (χ1) is 8.15. The lowest BCUT2D eigenvalue weighted by Crippen LogP contribution is -2.09. The number of carboxylic acids is 1. The van der Waals surface area contributed by atoms with Crippen LogP contribution < -0.4 is 10.5 Å². The van der Waals surface area contributed by atoms with Gasteiger partial charge in [0.1, 0.15) is 11.6 Å². The van der Waals surface area contributed by atoms with Gasteiger partial charge in [0, 0.05) is 12.3 Å². The van der Waals surface area contributed by atoms with E-state index < -0.39 is 5.97 Å². The zero-order chi connectivity index (χ0) is 12.3. The number of aliphatic carboxylic acids is 1. The number of hydrogen-bond donors (Lipinski definition) is 2. The SMILES string of the molecule is Nc1ccn(-c2ccc(OCC(=O)O)cc2)n1. The lowest BCUT2D eigenvalue weighted by Gasteiger charge is -2.04. The van der Waals surface area contributed by atoms with Crippen molar-refractivity contribution in [3.05, 3.63) is 36.5 Å². The van der Waals surface area contributed by atoms with Crippen LogP contribution in [0.5, 0.6) is 5.75 Å². The van der Waals surface area contributed by atoms with Crippen molar-refractivity contribution in [2.45, 2.75) is 0 Å². The highest BCUT2D eigenvalue weighted by molar-refractivity contribution is 5.68. The Hall–Kier alpha value is -2.50. The van der Waals surface area contributed by atoms with Crippen LogP contribution in [0.3, 0.4) is 0 Å². The maximum atomic E-state index is 10.3. The summed E-state index contributed by atoms with van der Waals surface area (Å²) in [7, 11) is 0. The first-order valence-electron chi connectivity index (χ1n) is 4.91. The fourth-order valence-corrected chi connectivity index (χ4v) is 1.32. The molecule has 0 aliphatic rings. The molecule has 0 fully saturated rings. The van der Waals surface area contributed by atoms with Crippen LogP contribution in [0.1, 0.15) is 0 Å². The zero-order valence-corrected chi connectivity index (χ0v) is 8.91. The van der Waals surface area contributed by atoms with E-state index in [4.69, 9.17) is 15.6 Å². The number of rotatable bonds is 4. The molecule has 0 aliphatic heterocycles. The van der Waals surface area contributed by atoms with Crippen molar-refractivity contribution in [1.29, 1.82) is 0 Å². The molecule has 6 nitrogen and oxygen atoms in total. The molecule has 1 heterocycles. The van der Waals surface area contributed by atoms with Crippen molar-refractivity contribution in [3.63, 3.8) is 0 Å². The maximum Gasteiger partial charge on any atom is 0.341 e. The van der Waals surface area contributed by atoms with Crippen molar-refractivity contribution in [3.8, 4) is 11.4 Å². The highest BCUT2D eigenvalue weighted by atomic mass is 16.5. The number of carboxylic acid groups (broad SMARTS) is 1. The Morgan fingerprint density at radius 2 is 2.06 bits per heavy atom. The third kappa shape index (κ3) is 2.75. The van der Waals surface area contributed by atoms with Crippen LogP contribution in [-0.2, 0) is 4.79 Å². The van der Waals surface area contributed by atoms with Gasteiger partial charge in [-0.3, -0.25) is 0 Å². The fraction of sp³-hybridized carbons (Fsp3) is 0.0909. The Bertz CT molecular complexity index is 519. The summed E-state index contributed by atoms with van der Waals surface area (Å²) in [6, 6.07) is 8.58. The largest absolute Gasteiger partial charge is 0.482 e. The monoisotopic (exact) mass is 233 g/mol. The van der Waals surface area contributed by atoms with Crippen LogP contribution in [0.25, 0.3) is 5.69 Å². The minimum Gasteiger partial charge on any atom is -0.482 e. The number of nitrogen functional groups attached to an aromatic ring is 1. The Morgan fingerprint density at radius 1 is 1.35 bits per heavy atom. The van der Waals surface area contributed by atoms with Crippen LogP contribution in [0.2, 0.25) is 0 Å². The number of benzene rings is 1. The summed E-state index contributed by atoms with van der Waals surface area (Å²) in [6.45, 7) is -0.353. The molecule has 88 valence electrons. The van der Waals surface area contributed by atoms with E-state index in [-0.39, 0.29) is 6.61 Å². The van der Waals surface area contributed by atoms with Gasteiger partial charge in [-0.25, -0.2) is 9.48 Å². The standard InChI is InChI=1S/C11H11N3O3/c12-10-5-6-14(13-10)8-1-3-9(4-2-8)17-7-11(15)16/h1-6H,7H2,(H2,12,13)(H,15,16). The van der Waals surface area contributed by atoms with E-state index in [1.165, 1.54) is 0 Å². The highest BCUT2D eigenvalue weighted by Crippen LogP contribution is 2.15. The molecule has 2 aromatic rings. The summed E-state index contributed by atoms with van der Waals surface area (Å²) in [5.74, 6) is -0.0681. The van der Waals surface area contributed by atoms with Gasteiger partial charge in [0.2, 0.25) is 0 Å². The van der Waals surface area contributed by atoms with Gasteiger partial charge < -0.3 is 15.6 Å². The molecule has 17 heavy (non-hydrogen) atoms. The molecule has 0 radical (unpaired) electrons. The number of ether oxygens (including phenoxy) is 1. The van der Waals surface area contributed by atoms with E-state index in [9.17, 15) is 4.79 Å². The van der Waals surface area contributed by atoms with Gasteiger partial charge in [-0.2, -0.15) is 5.10 Å². The first kappa shape index (κ1) is 11.0. The number of aromatic nitrogens is 2. The summed E-state index contributed by atoms with van der Waals surface area (Å²) >= 11 is 0. The molecule has 0 saturated carbocycles. The molecule has 0 amide bonds. The number of hydrogen-bond acceptors (Lipinski definition) is 4. The normalized spacial score (nSPS) is 10.1. The molecule has 0 aliphatic carbocycles. The van der Waals surface area contributed by atoms with Gasteiger partial charge in [-0.1, -0.05) is 0 Å². The molecule has 2 rings (SSSR count). The van der Waals surface area contributed by atoms with Gasteiger partial charge in [-0.05, 0) is 24.3 Å². The average Bonchev–Trinajstić information content (AvgIpc) is 2.74. The van der Waals surface area contributed by atoms with Crippen molar-refractivity contribution >= 4 is 11.8 Å². The summed E-state index contributed by atoms with van der Waals surface area (Å²) in [5, 5.41) is 12.5. The quantitative estimate of drug-likeness (QED) is 0.819. The molecule has 1 aromatic carbocycles. The second-order valence-electron chi connectivity index (χ2n) is 3.36. The number of anilines is 1. The smallest absolute Gasteiger partial charge is 0.341 e. The van der Waals surface area contributed by atoms with Crippen molar-refractivity contribution in [2.75, 3.05) is 12.3 Å². The maximum absolute atomic E-state index is 10.3. The van der Waals surface area contributed by atoms with E-state index in [1.807, 2.05) is 0 Å². The third-order valence-electron chi connectivity index (χ3n) is 2.07. The second-order valence-corrected chi connectivity index (χ2v) is 3.36. The predicted molar refractivity (Wildman–Crippen MR) is 61.1 cm³/mol. The van der Waals surface area contributed by atoms with E-state index >= 15 is 0 Å². The Kier molecular flexibility index (Phi) is 2.95. The van der Waals surface area contributed by atoms with Crippen LogP contribution in [0.4, 0.5) is 5.82 Å². The van der Waals surface area contributed by atoms with Crippen molar-refractivity contribution in [1.82, 2.24) is 9.78 Å². The van der Waals surface area contributed by atoms with E-state index in [0.717, 1.165) is 5.69 Å². The molecule has 3 N–H and O–H groups in total. The van der Waals surface area contributed by atoms with Crippen LogP contribution in [0.15, 0.2) is 36.5 Å². The topological polar surface area (TPSA) is 90.4 Å². The van der Waals surface area contributed by atoms with E-state index in [1.54, 1.807) is 41.2 Å². The van der Waals surface area contributed by atoms with Crippen LogP contribution in [-0.4, -0.2) is 27.5 Å². The summed E-state index contributed by atoms with van der Waals surface area (Å²) in [4.78, 5) is 10.3. The Morgan fingerprint density at radius 3 is 2.59 bits per heavy atom. The van der Waals surface area contributed by atoms with Gasteiger partial charge in [-0.15, -0.1) is 0 Å². The van der Waals surface area contributed by atoms with Gasteiger partial charge in [0.25, 0.3) is 0 Å². The molecule has 0 saturated heterocycles. The molecule has 1 aromatic heterocycles. The van der Waals surface area contributed by atoms with Gasteiger partial charge in [0.05, 0.1) is 5.69 Å². The first-order valence-corrected chi connectivity index (χ1v) is 4.91. The zero-order valence-electron chi connectivity index (χ0n) is 8.91.